The van der Waals surface area contributed by atoms with Crippen molar-refractivity contribution in [3.05, 3.63) is 63.6 Å². The van der Waals surface area contributed by atoms with Crippen LogP contribution >= 0.6 is 22.9 Å². The average molecular weight is 702 g/mol. The number of benzene rings is 2. The highest BCUT2D eigenvalue weighted by atomic mass is 35.5. The van der Waals surface area contributed by atoms with Crippen molar-refractivity contribution >= 4 is 73.9 Å². The maximum atomic E-state index is 13.7. The summed E-state index contributed by atoms with van der Waals surface area (Å²) >= 11 is 7.68. The lowest BCUT2D eigenvalue weighted by Crippen LogP contribution is -2.45. The van der Waals surface area contributed by atoms with E-state index in [1.807, 2.05) is 45.0 Å². The average Bonchev–Trinajstić information content (AvgIpc) is 3.68. The van der Waals surface area contributed by atoms with E-state index in [1.54, 1.807) is 12.1 Å². The normalized spacial score (nSPS) is 15.9. The Kier molecular flexibility index (Phi) is 8.43. The predicted molar refractivity (Wildman–Crippen MR) is 185 cm³/mol. The number of carbonyl (C=O) groups excluding carboxylic acids is 3. The molecule has 13 nitrogen and oxygen atoms in total. The van der Waals surface area contributed by atoms with Crippen LogP contribution in [-0.2, 0) is 11.3 Å². The first kappa shape index (κ1) is 32.4. The summed E-state index contributed by atoms with van der Waals surface area (Å²) in [7, 11) is 0. The molecule has 7 rings (SSSR count). The molecule has 49 heavy (non-hydrogen) atoms. The second kappa shape index (κ2) is 12.7. The first-order chi connectivity index (χ1) is 23.5. The minimum Gasteiger partial charge on any atom is -0.454 e. The Morgan fingerprint density at radius 1 is 1.14 bits per heavy atom. The number of nitriles is 1. The van der Waals surface area contributed by atoms with E-state index in [0.717, 1.165) is 49.4 Å². The summed E-state index contributed by atoms with van der Waals surface area (Å²) in [5.74, 6) is 0.255. The van der Waals surface area contributed by atoms with Crippen molar-refractivity contribution in [3.63, 3.8) is 0 Å². The molecule has 3 aliphatic heterocycles. The number of nitrogens with zero attached hydrogens (tertiary/aromatic N) is 4. The maximum Gasteiger partial charge on any atom is 0.407 e. The van der Waals surface area contributed by atoms with Crippen LogP contribution < -0.4 is 30.3 Å². The zero-order valence-electron chi connectivity index (χ0n) is 26.9. The molecule has 3 N–H and O–H groups in total. The number of hydrogen-bond acceptors (Lipinski definition) is 10. The van der Waals surface area contributed by atoms with Gasteiger partial charge in [0.05, 0.1) is 27.3 Å². The van der Waals surface area contributed by atoms with Crippen molar-refractivity contribution in [3.8, 4) is 17.6 Å². The van der Waals surface area contributed by atoms with Crippen LogP contribution in [0.4, 0.5) is 32.3 Å². The number of amides is 4. The van der Waals surface area contributed by atoms with Crippen molar-refractivity contribution in [1.29, 1.82) is 5.26 Å². The van der Waals surface area contributed by atoms with Gasteiger partial charge in [-0.05, 0) is 63.4 Å². The van der Waals surface area contributed by atoms with Crippen LogP contribution in [0.15, 0.2) is 42.6 Å². The number of likely N-dealkylation sites (tertiary alicyclic amines) is 1. The van der Waals surface area contributed by atoms with Crippen molar-refractivity contribution in [1.82, 2.24) is 15.2 Å². The molecule has 0 unspecified atom stereocenters. The second-order valence-corrected chi connectivity index (χ2v) is 14.3. The van der Waals surface area contributed by atoms with Crippen LogP contribution in [0.25, 0.3) is 10.2 Å². The Balaban J connectivity index is 1.06. The zero-order chi connectivity index (χ0) is 34.4. The number of pyridine rings is 1. The van der Waals surface area contributed by atoms with Gasteiger partial charge in [0.25, 0.3) is 5.91 Å². The van der Waals surface area contributed by atoms with Gasteiger partial charge in [-0.1, -0.05) is 23.7 Å². The number of nitrogens with one attached hydrogen (secondary N) is 3. The van der Waals surface area contributed by atoms with Crippen molar-refractivity contribution < 1.29 is 28.6 Å². The number of piperidine rings is 1. The predicted octanol–water partition coefficient (Wildman–Crippen LogP) is 6.98. The fourth-order valence-corrected chi connectivity index (χ4v) is 7.34. The summed E-state index contributed by atoms with van der Waals surface area (Å²) < 4.78 is 16.5. The molecule has 0 aliphatic carbocycles. The van der Waals surface area contributed by atoms with E-state index in [2.05, 4.69) is 31.9 Å². The van der Waals surface area contributed by atoms with Gasteiger partial charge in [-0.2, -0.15) is 5.26 Å². The third kappa shape index (κ3) is 6.40. The summed E-state index contributed by atoms with van der Waals surface area (Å²) in [6.45, 7) is 7.89. The van der Waals surface area contributed by atoms with Crippen LogP contribution in [0.2, 0.25) is 5.02 Å². The SMILES string of the molecule is CC(C)(C)OC(=O)NC1CCN(Cc2ccc(NC(=O)c3sc4ncc(C#N)c5c4c3NC(=O)N5c3c(Cl)ccc4c3OCO4)cc2)CC1. The topological polar surface area (TPSA) is 158 Å². The largest absolute Gasteiger partial charge is 0.454 e. The number of ether oxygens (including phenoxy) is 3. The molecule has 3 aliphatic rings. The highest BCUT2D eigenvalue weighted by Crippen LogP contribution is 2.53. The number of fused-ring (bicyclic) bond motifs is 1. The molecule has 252 valence electrons. The fraction of sp³-hybridized carbons (Fsp3) is 0.324. The lowest BCUT2D eigenvalue weighted by atomic mass is 10.0. The number of halogens is 1. The van der Waals surface area contributed by atoms with Crippen LogP contribution in [0.5, 0.6) is 11.5 Å². The lowest BCUT2D eigenvalue weighted by Gasteiger charge is -2.32. The Bertz CT molecular complexity index is 2030. The van der Waals surface area contributed by atoms with Gasteiger partial charge in [-0.25, -0.2) is 14.6 Å². The highest BCUT2D eigenvalue weighted by Gasteiger charge is 2.38. The molecule has 5 heterocycles. The smallest absolute Gasteiger partial charge is 0.407 e. The molecule has 0 bridgehead atoms. The molecule has 0 atom stereocenters. The quantitative estimate of drug-likeness (QED) is 0.193. The number of aromatic nitrogens is 1. The first-order valence-corrected chi connectivity index (χ1v) is 16.9. The van der Waals surface area contributed by atoms with Gasteiger partial charge in [0.15, 0.2) is 11.5 Å². The Morgan fingerprint density at radius 2 is 1.90 bits per heavy atom. The molecule has 2 aromatic carbocycles. The summed E-state index contributed by atoms with van der Waals surface area (Å²) in [4.78, 5) is 48.2. The van der Waals surface area contributed by atoms with E-state index >= 15 is 0 Å². The van der Waals surface area contributed by atoms with Gasteiger partial charge in [-0.15, -0.1) is 11.3 Å². The molecule has 0 saturated carbocycles. The molecule has 0 radical (unpaired) electrons. The minimum absolute atomic E-state index is 0.0439. The molecule has 2 aromatic heterocycles. The number of anilines is 4. The van der Waals surface area contributed by atoms with E-state index < -0.39 is 17.5 Å². The molecule has 0 spiro atoms. The number of carbonyl (C=O) groups is 3. The van der Waals surface area contributed by atoms with Crippen LogP contribution in [0.1, 0.15) is 54.4 Å². The van der Waals surface area contributed by atoms with Gasteiger partial charge in [0.2, 0.25) is 6.79 Å². The molecule has 4 aromatic rings. The molecular weight excluding hydrogens is 670 g/mol. The van der Waals surface area contributed by atoms with Crippen LogP contribution in [-0.4, -0.2) is 59.4 Å². The van der Waals surface area contributed by atoms with E-state index in [9.17, 15) is 19.6 Å². The maximum absolute atomic E-state index is 13.7. The van der Waals surface area contributed by atoms with Crippen molar-refractivity contribution in [2.24, 2.45) is 0 Å². The second-order valence-electron chi connectivity index (χ2n) is 12.9. The van der Waals surface area contributed by atoms with Gasteiger partial charge < -0.3 is 30.2 Å². The molecule has 4 amide bonds. The number of thiophene rings is 1. The number of rotatable bonds is 6. The zero-order valence-corrected chi connectivity index (χ0v) is 28.5. The van der Waals surface area contributed by atoms with E-state index in [1.165, 1.54) is 11.1 Å². The summed E-state index contributed by atoms with van der Waals surface area (Å²) in [6.07, 6.45) is 2.64. The number of hydrogen-bond donors (Lipinski definition) is 3. The van der Waals surface area contributed by atoms with E-state index in [-0.39, 0.29) is 57.2 Å². The van der Waals surface area contributed by atoms with Crippen molar-refractivity contribution in [2.45, 2.75) is 51.8 Å². The minimum atomic E-state index is -0.622. The van der Waals surface area contributed by atoms with E-state index in [4.69, 9.17) is 25.8 Å². The van der Waals surface area contributed by atoms with Crippen molar-refractivity contribution in [2.75, 3.05) is 35.4 Å². The highest BCUT2D eigenvalue weighted by molar-refractivity contribution is 7.21. The van der Waals surface area contributed by atoms with Gasteiger partial charge in [0.1, 0.15) is 27.1 Å². The number of urea groups is 1. The van der Waals surface area contributed by atoms with Gasteiger partial charge in [0, 0.05) is 37.6 Å². The third-order valence-corrected chi connectivity index (χ3v) is 9.69. The molecular formula is C34H32ClN7O6S. The Morgan fingerprint density at radius 3 is 2.61 bits per heavy atom. The van der Waals surface area contributed by atoms with Gasteiger partial charge >= 0.3 is 12.1 Å². The Labute approximate surface area is 290 Å². The molecule has 1 saturated heterocycles. The monoisotopic (exact) mass is 701 g/mol. The third-order valence-electron chi connectivity index (χ3n) is 8.29. The fourth-order valence-electron chi connectivity index (χ4n) is 6.11. The van der Waals surface area contributed by atoms with E-state index in [0.29, 0.717) is 21.7 Å². The molecule has 1 fully saturated rings. The van der Waals surface area contributed by atoms with Crippen LogP contribution in [0.3, 0.4) is 0 Å². The lowest BCUT2D eigenvalue weighted by molar-refractivity contribution is 0.0477. The standard InChI is InChI=1S/C34H32ClN7O6S/c1-34(2,3)48-33(45)39-21-10-12-41(13-11-21)16-18-4-6-20(7-5-18)38-30(43)29-25-24-26(19(14-36)15-37-31(24)49-29)42(32(44)40-25)27-22(35)8-9-23-28(27)47-17-46-23/h4-9,15,21H,10-13,16-17H2,1-3H3,(H,38,43)(H,39,45)(H,40,44). The summed E-state index contributed by atoms with van der Waals surface area (Å²) in [5.41, 5.74) is 2.00. The number of alkyl carbamates (subject to hydrolysis) is 1. The first-order valence-electron chi connectivity index (χ1n) is 15.7. The van der Waals surface area contributed by atoms with Crippen LogP contribution in [0, 0.1) is 11.3 Å². The summed E-state index contributed by atoms with van der Waals surface area (Å²) in [6, 6.07) is 12.4. The summed E-state index contributed by atoms with van der Waals surface area (Å²) in [5, 5.41) is 19.4. The Hall–Kier alpha value is -5.10. The molecule has 15 heteroatoms. The van der Waals surface area contributed by atoms with Gasteiger partial charge in [-0.3, -0.25) is 14.6 Å².